The van der Waals surface area contributed by atoms with Crippen molar-refractivity contribution in [3.63, 3.8) is 0 Å². The molecule has 1 aliphatic rings. The normalized spacial score (nSPS) is 23.2. The monoisotopic (exact) mass is 226 g/mol. The summed E-state index contributed by atoms with van der Waals surface area (Å²) >= 11 is 5.30. The molecule has 7 heteroatoms. The highest BCUT2D eigenvalue weighted by molar-refractivity contribution is 7.89. The maximum Gasteiger partial charge on any atom is 0.221 e. The molecule has 1 atom stereocenters. The van der Waals surface area contributed by atoms with E-state index in [1.807, 2.05) is 0 Å². The van der Waals surface area contributed by atoms with Crippen molar-refractivity contribution < 1.29 is 13.2 Å². The van der Waals surface area contributed by atoms with Crippen molar-refractivity contribution in [1.29, 1.82) is 0 Å². The Morgan fingerprint density at radius 3 is 2.77 bits per heavy atom. The van der Waals surface area contributed by atoms with Gasteiger partial charge in [0.1, 0.15) is 0 Å². The molecule has 1 fully saturated rings. The minimum absolute atomic E-state index is 0.0590. The first-order valence-corrected chi connectivity index (χ1v) is 6.05. The number of alkyl halides is 1. The number of hydrogen-bond acceptors (Lipinski definition) is 3. The maximum atomic E-state index is 11.2. The first-order valence-electron chi connectivity index (χ1n) is 3.86. The Balaban J connectivity index is 2.44. The molecule has 0 aromatic rings. The zero-order valence-electron chi connectivity index (χ0n) is 6.92. The molecule has 0 aromatic carbocycles. The fraction of sp³-hybridized carbons (Fsp3) is 0.833. The topological polar surface area (TPSA) is 75.3 Å². The second kappa shape index (κ2) is 4.26. The molecule has 76 valence electrons. The van der Waals surface area contributed by atoms with Crippen LogP contribution in [0.25, 0.3) is 0 Å². The van der Waals surface area contributed by atoms with Gasteiger partial charge in [0.25, 0.3) is 0 Å². The van der Waals surface area contributed by atoms with Gasteiger partial charge in [-0.3, -0.25) is 4.79 Å². The Bertz CT molecular complexity index is 290. The molecule has 5 nitrogen and oxygen atoms in total. The smallest absolute Gasteiger partial charge is 0.221 e. The Hall–Kier alpha value is -0.330. The highest BCUT2D eigenvalue weighted by Crippen LogP contribution is 2.01. The number of carbonyl (C=O) groups excluding carboxylic acids is 1. The van der Waals surface area contributed by atoms with Gasteiger partial charge in [0.05, 0.1) is 5.75 Å². The van der Waals surface area contributed by atoms with E-state index in [4.69, 9.17) is 11.6 Å². The van der Waals surface area contributed by atoms with Gasteiger partial charge in [-0.15, -0.1) is 11.6 Å². The number of nitrogens with one attached hydrogen (secondary N) is 2. The molecule has 0 saturated carbocycles. The molecule has 0 radical (unpaired) electrons. The van der Waals surface area contributed by atoms with Gasteiger partial charge in [-0.05, 0) is 0 Å². The molecule has 1 rings (SSSR count). The Morgan fingerprint density at radius 1 is 1.62 bits per heavy atom. The molecule has 1 amide bonds. The van der Waals surface area contributed by atoms with Crippen LogP contribution in [0, 0.1) is 0 Å². The number of carbonyl (C=O) groups is 1. The van der Waals surface area contributed by atoms with Gasteiger partial charge in [0.2, 0.25) is 15.9 Å². The molecule has 2 N–H and O–H groups in total. The fourth-order valence-corrected chi connectivity index (χ4v) is 2.71. The van der Waals surface area contributed by atoms with E-state index in [0.29, 0.717) is 6.54 Å². The quantitative estimate of drug-likeness (QED) is 0.606. The van der Waals surface area contributed by atoms with Crippen LogP contribution in [0.5, 0.6) is 0 Å². The van der Waals surface area contributed by atoms with Gasteiger partial charge in [-0.1, -0.05) is 0 Å². The van der Waals surface area contributed by atoms with Crippen LogP contribution in [0.2, 0.25) is 0 Å². The molecule has 1 saturated heterocycles. The summed E-state index contributed by atoms with van der Waals surface area (Å²) in [5.74, 6) is -0.179. The Labute approximate surface area is 81.9 Å². The van der Waals surface area contributed by atoms with Gasteiger partial charge < -0.3 is 5.32 Å². The molecular formula is C6H11ClN2O3S. The van der Waals surface area contributed by atoms with E-state index in [-0.39, 0.29) is 30.0 Å². The van der Waals surface area contributed by atoms with Crippen LogP contribution in [-0.4, -0.2) is 38.5 Å². The van der Waals surface area contributed by atoms with E-state index >= 15 is 0 Å². The molecular weight excluding hydrogens is 216 g/mol. The average Bonchev–Trinajstić information content (AvgIpc) is 2.34. The Kier molecular flexibility index (Phi) is 3.52. The third-order valence-electron chi connectivity index (χ3n) is 1.67. The van der Waals surface area contributed by atoms with Crippen LogP contribution in [0.3, 0.4) is 0 Å². The molecule has 0 spiro atoms. The Morgan fingerprint density at radius 2 is 2.31 bits per heavy atom. The third kappa shape index (κ3) is 3.50. The van der Waals surface area contributed by atoms with E-state index in [0.717, 1.165) is 0 Å². The van der Waals surface area contributed by atoms with E-state index in [9.17, 15) is 13.2 Å². The van der Waals surface area contributed by atoms with Gasteiger partial charge in [-0.25, -0.2) is 13.1 Å². The van der Waals surface area contributed by atoms with Crippen molar-refractivity contribution >= 4 is 27.5 Å². The summed E-state index contributed by atoms with van der Waals surface area (Å²) in [4.78, 5) is 10.7. The molecule has 1 heterocycles. The summed E-state index contributed by atoms with van der Waals surface area (Å²) in [6, 6.07) is -0.319. The van der Waals surface area contributed by atoms with Crippen LogP contribution in [0.15, 0.2) is 0 Å². The average molecular weight is 227 g/mol. The summed E-state index contributed by atoms with van der Waals surface area (Å²) in [5.41, 5.74) is 0. The van der Waals surface area contributed by atoms with Crippen molar-refractivity contribution in [1.82, 2.24) is 10.0 Å². The van der Waals surface area contributed by atoms with Crippen LogP contribution >= 0.6 is 11.6 Å². The zero-order chi connectivity index (χ0) is 9.90. The van der Waals surface area contributed by atoms with E-state index < -0.39 is 10.0 Å². The number of halogens is 1. The van der Waals surface area contributed by atoms with E-state index in [1.54, 1.807) is 0 Å². The number of amides is 1. The highest BCUT2D eigenvalue weighted by Gasteiger charge is 2.25. The molecule has 13 heavy (non-hydrogen) atoms. The lowest BCUT2D eigenvalue weighted by Crippen LogP contribution is -2.37. The summed E-state index contributed by atoms with van der Waals surface area (Å²) in [7, 11) is -3.31. The predicted octanol–water partition coefficient (Wildman–Crippen LogP) is -0.967. The minimum atomic E-state index is -3.31. The van der Waals surface area contributed by atoms with Crippen molar-refractivity contribution in [2.75, 3.05) is 18.2 Å². The van der Waals surface area contributed by atoms with Crippen molar-refractivity contribution in [3.05, 3.63) is 0 Å². The predicted molar refractivity (Wildman–Crippen MR) is 49.1 cm³/mol. The maximum absolute atomic E-state index is 11.2. The van der Waals surface area contributed by atoms with Crippen molar-refractivity contribution in [2.45, 2.75) is 12.5 Å². The van der Waals surface area contributed by atoms with E-state index in [2.05, 4.69) is 10.0 Å². The molecule has 0 aromatic heterocycles. The van der Waals surface area contributed by atoms with Gasteiger partial charge in [0, 0.05) is 24.9 Å². The molecule has 0 bridgehead atoms. The fourth-order valence-electron chi connectivity index (χ4n) is 1.10. The van der Waals surface area contributed by atoms with Crippen LogP contribution < -0.4 is 10.0 Å². The summed E-state index contributed by atoms with van der Waals surface area (Å²) in [5, 5.41) is 2.54. The zero-order valence-corrected chi connectivity index (χ0v) is 8.49. The van der Waals surface area contributed by atoms with Crippen LogP contribution in [0.4, 0.5) is 0 Å². The van der Waals surface area contributed by atoms with Gasteiger partial charge in [0.15, 0.2) is 0 Å². The van der Waals surface area contributed by atoms with Crippen LogP contribution in [-0.2, 0) is 14.8 Å². The first kappa shape index (κ1) is 10.7. The first-order chi connectivity index (χ1) is 6.03. The third-order valence-corrected chi connectivity index (χ3v) is 3.52. The number of rotatable bonds is 4. The molecule has 1 unspecified atom stereocenters. The largest absolute Gasteiger partial charge is 0.354 e. The molecule has 1 aliphatic heterocycles. The lowest BCUT2D eigenvalue weighted by molar-refractivity contribution is -0.119. The minimum Gasteiger partial charge on any atom is -0.354 e. The lowest BCUT2D eigenvalue weighted by Gasteiger charge is -2.09. The van der Waals surface area contributed by atoms with Gasteiger partial charge in [-0.2, -0.15) is 0 Å². The van der Waals surface area contributed by atoms with Gasteiger partial charge >= 0.3 is 0 Å². The standard InChI is InChI=1S/C6H11ClN2O3S/c7-1-2-13(11,12)9-5-3-6(10)8-4-5/h5,9H,1-4H2,(H,8,10). The van der Waals surface area contributed by atoms with Crippen molar-refractivity contribution in [3.8, 4) is 0 Å². The second-order valence-corrected chi connectivity index (χ2v) is 5.08. The number of hydrogen-bond donors (Lipinski definition) is 2. The highest BCUT2D eigenvalue weighted by atomic mass is 35.5. The summed E-state index contributed by atoms with van der Waals surface area (Å²) in [6.07, 6.45) is 0.210. The summed E-state index contributed by atoms with van der Waals surface area (Å²) in [6.45, 7) is 0.361. The second-order valence-electron chi connectivity index (χ2n) is 2.83. The van der Waals surface area contributed by atoms with Crippen LogP contribution in [0.1, 0.15) is 6.42 Å². The number of sulfonamides is 1. The van der Waals surface area contributed by atoms with Crippen molar-refractivity contribution in [2.24, 2.45) is 0 Å². The SMILES string of the molecule is O=C1CC(NS(=O)(=O)CCCl)CN1. The lowest BCUT2D eigenvalue weighted by atomic mass is 10.3. The summed E-state index contributed by atoms with van der Waals surface area (Å²) < 4.78 is 24.7. The molecule has 0 aliphatic carbocycles. The van der Waals surface area contributed by atoms with E-state index in [1.165, 1.54) is 0 Å².